The van der Waals surface area contributed by atoms with Crippen LogP contribution in [0, 0.1) is 10.9 Å². The Morgan fingerprint density at radius 3 is 2.52 bits per heavy atom. The lowest BCUT2D eigenvalue weighted by Gasteiger charge is -2.14. The molecule has 0 N–H and O–H groups in total. The fourth-order valence-corrected chi connectivity index (χ4v) is 5.59. The molecule has 0 saturated heterocycles. The zero-order valence-electron chi connectivity index (χ0n) is 18.5. The second-order valence-electron chi connectivity index (χ2n) is 7.29. The summed E-state index contributed by atoms with van der Waals surface area (Å²) in [5, 5.41) is 0.418. The van der Waals surface area contributed by atoms with E-state index in [0.717, 1.165) is 23.4 Å². The third kappa shape index (κ3) is 4.66. The van der Waals surface area contributed by atoms with E-state index in [1.807, 2.05) is 60.0 Å². The number of ether oxygens (including phenoxy) is 1. The summed E-state index contributed by atoms with van der Waals surface area (Å²) in [6.07, 6.45) is 0.935. The van der Waals surface area contributed by atoms with Crippen molar-refractivity contribution in [2.24, 2.45) is 0 Å². The largest absolute Gasteiger partial charge is 0.465 e. The molecule has 4 aromatic rings. The van der Waals surface area contributed by atoms with Crippen LogP contribution >= 0.6 is 35.3 Å². The molecule has 2 heterocycles. The first-order chi connectivity index (χ1) is 15.9. The van der Waals surface area contributed by atoms with Crippen LogP contribution in [0.15, 0.2) is 58.5 Å². The Morgan fingerprint density at radius 1 is 1.12 bits per heavy atom. The number of thioether (sulfide) groups is 1. The molecule has 0 spiro atoms. The minimum atomic E-state index is -0.356. The molecule has 9 heteroatoms. The highest BCUT2D eigenvalue weighted by Crippen LogP contribution is 2.28. The number of hydrogen-bond donors (Lipinski definition) is 0. The first kappa shape index (κ1) is 23.4. The minimum Gasteiger partial charge on any atom is -0.465 e. The van der Waals surface area contributed by atoms with Crippen LogP contribution in [0.3, 0.4) is 0 Å². The number of fused-ring (bicyclic) bond motifs is 1. The Kier molecular flexibility index (Phi) is 7.11. The molecule has 4 rings (SSSR count). The molecule has 0 unspecified atom stereocenters. The average Bonchev–Trinajstić information content (AvgIpc) is 3.15. The fraction of sp³-hybridized carbons (Fsp3) is 0.250. The van der Waals surface area contributed by atoms with E-state index in [2.05, 4.69) is 6.92 Å². The molecule has 0 aliphatic heterocycles. The first-order valence-electron chi connectivity index (χ1n) is 10.6. The predicted octanol–water partition coefficient (Wildman–Crippen LogP) is 5.49. The highest BCUT2D eigenvalue weighted by molar-refractivity contribution is 7.99. The molecular formula is C24H23N3O3S3. The van der Waals surface area contributed by atoms with E-state index >= 15 is 0 Å². The zero-order valence-corrected chi connectivity index (χ0v) is 21.0. The quantitative estimate of drug-likeness (QED) is 0.146. The van der Waals surface area contributed by atoms with Gasteiger partial charge in [0.15, 0.2) is 14.8 Å². The SMILES string of the molecule is CCOC(=O)CSc1nc2c(sc(=S)n2-c2ccc(CC)cc2)c(=O)n1-c1ccccc1C. The van der Waals surface area contributed by atoms with E-state index in [1.54, 1.807) is 11.5 Å². The van der Waals surface area contributed by atoms with Gasteiger partial charge >= 0.3 is 5.97 Å². The highest BCUT2D eigenvalue weighted by Gasteiger charge is 2.20. The number of para-hydroxylation sites is 1. The van der Waals surface area contributed by atoms with Crippen LogP contribution in [-0.4, -0.2) is 32.4 Å². The molecule has 0 bridgehead atoms. The van der Waals surface area contributed by atoms with Crippen LogP contribution in [-0.2, 0) is 16.0 Å². The van der Waals surface area contributed by atoms with E-state index in [4.69, 9.17) is 21.9 Å². The van der Waals surface area contributed by atoms with Gasteiger partial charge in [0.25, 0.3) is 5.56 Å². The molecule has 6 nitrogen and oxygen atoms in total. The number of esters is 1. The second-order valence-corrected chi connectivity index (χ2v) is 9.88. The summed E-state index contributed by atoms with van der Waals surface area (Å²) in [7, 11) is 0. The predicted molar refractivity (Wildman–Crippen MR) is 137 cm³/mol. The third-order valence-corrected chi connectivity index (χ3v) is 7.42. The van der Waals surface area contributed by atoms with Crippen LogP contribution in [0.5, 0.6) is 0 Å². The number of carbonyl (C=O) groups excluding carboxylic acids is 1. The summed E-state index contributed by atoms with van der Waals surface area (Å²) < 4.78 is 9.49. The summed E-state index contributed by atoms with van der Waals surface area (Å²) in [5.74, 6) is -0.307. The third-order valence-electron chi connectivity index (χ3n) is 5.16. The summed E-state index contributed by atoms with van der Waals surface area (Å²) in [5.41, 5.74) is 4.00. The van der Waals surface area contributed by atoms with Crippen molar-refractivity contribution < 1.29 is 9.53 Å². The van der Waals surface area contributed by atoms with Crippen LogP contribution in [0.25, 0.3) is 21.7 Å². The van der Waals surface area contributed by atoms with E-state index in [0.29, 0.717) is 26.1 Å². The summed E-state index contributed by atoms with van der Waals surface area (Å²) >= 11 is 8.07. The van der Waals surface area contributed by atoms with E-state index in [9.17, 15) is 9.59 Å². The smallest absolute Gasteiger partial charge is 0.316 e. The van der Waals surface area contributed by atoms with Gasteiger partial charge in [-0.1, -0.05) is 60.4 Å². The molecule has 2 aromatic carbocycles. The van der Waals surface area contributed by atoms with Gasteiger partial charge in [0.05, 0.1) is 18.0 Å². The van der Waals surface area contributed by atoms with Crippen LogP contribution in [0.4, 0.5) is 0 Å². The van der Waals surface area contributed by atoms with Crippen molar-refractivity contribution in [1.82, 2.24) is 14.1 Å². The second kappa shape index (κ2) is 10.0. The van der Waals surface area contributed by atoms with Gasteiger partial charge in [-0.15, -0.1) is 0 Å². The highest BCUT2D eigenvalue weighted by atomic mass is 32.2. The average molecular weight is 498 g/mol. The molecule has 0 fully saturated rings. The maximum absolute atomic E-state index is 13.7. The molecule has 0 atom stereocenters. The Bertz CT molecular complexity index is 1440. The van der Waals surface area contributed by atoms with Gasteiger partial charge in [-0.25, -0.2) is 4.98 Å². The molecule has 0 radical (unpaired) electrons. The number of carbonyl (C=O) groups is 1. The molecule has 170 valence electrons. The van der Waals surface area contributed by atoms with Gasteiger partial charge in [0.1, 0.15) is 4.70 Å². The van der Waals surface area contributed by atoms with Crippen molar-refractivity contribution in [3.63, 3.8) is 0 Å². The van der Waals surface area contributed by atoms with Crippen LogP contribution in [0.2, 0.25) is 0 Å². The number of rotatable bonds is 7. The summed E-state index contributed by atoms with van der Waals surface area (Å²) in [6, 6.07) is 15.7. The Labute approximate surface area is 204 Å². The van der Waals surface area contributed by atoms with E-state index in [1.165, 1.54) is 28.7 Å². The lowest BCUT2D eigenvalue weighted by molar-refractivity contribution is -0.139. The number of thiazole rings is 1. The molecule has 33 heavy (non-hydrogen) atoms. The maximum Gasteiger partial charge on any atom is 0.316 e. The monoisotopic (exact) mass is 497 g/mol. The number of benzene rings is 2. The molecule has 0 saturated carbocycles. The number of aryl methyl sites for hydroxylation is 2. The van der Waals surface area contributed by atoms with Gasteiger partial charge in [0, 0.05) is 5.69 Å². The molecule has 0 aliphatic carbocycles. The van der Waals surface area contributed by atoms with Gasteiger partial charge < -0.3 is 4.74 Å². The summed E-state index contributed by atoms with van der Waals surface area (Å²) in [6.45, 7) is 6.10. The first-order valence-corrected chi connectivity index (χ1v) is 12.8. The lowest BCUT2D eigenvalue weighted by atomic mass is 10.1. The van der Waals surface area contributed by atoms with Crippen molar-refractivity contribution in [2.75, 3.05) is 12.4 Å². The van der Waals surface area contributed by atoms with Crippen LogP contribution in [0.1, 0.15) is 25.0 Å². The topological polar surface area (TPSA) is 66.1 Å². The number of aromatic nitrogens is 3. The Morgan fingerprint density at radius 2 is 1.85 bits per heavy atom. The molecule has 2 aromatic heterocycles. The zero-order chi connectivity index (χ0) is 23.5. The fourth-order valence-electron chi connectivity index (χ4n) is 3.49. The van der Waals surface area contributed by atoms with Gasteiger partial charge in [-0.2, -0.15) is 0 Å². The van der Waals surface area contributed by atoms with E-state index in [-0.39, 0.29) is 17.3 Å². The van der Waals surface area contributed by atoms with Crippen molar-refractivity contribution >= 4 is 51.6 Å². The summed E-state index contributed by atoms with van der Waals surface area (Å²) in [4.78, 5) is 30.6. The van der Waals surface area contributed by atoms with Crippen molar-refractivity contribution in [3.05, 3.63) is 74.0 Å². The van der Waals surface area contributed by atoms with Crippen molar-refractivity contribution in [1.29, 1.82) is 0 Å². The minimum absolute atomic E-state index is 0.0493. The van der Waals surface area contributed by atoms with Gasteiger partial charge in [-0.3, -0.25) is 18.7 Å². The number of hydrogen-bond acceptors (Lipinski definition) is 7. The lowest BCUT2D eigenvalue weighted by Crippen LogP contribution is -2.23. The van der Waals surface area contributed by atoms with E-state index < -0.39 is 0 Å². The maximum atomic E-state index is 13.7. The Balaban J connectivity index is 1.95. The molecule has 0 aliphatic rings. The van der Waals surface area contributed by atoms with Crippen LogP contribution < -0.4 is 5.56 Å². The normalized spacial score (nSPS) is 11.1. The van der Waals surface area contributed by atoms with Crippen molar-refractivity contribution in [3.8, 4) is 11.4 Å². The standard InChI is InChI=1S/C24H23N3O3S3/c1-4-16-10-12-17(13-11-16)26-21-20(33-24(26)31)22(29)27(18-9-7-6-8-15(18)3)23(25-21)32-14-19(28)30-5-2/h6-13H,4-5,14H2,1-3H3. The molecular weight excluding hydrogens is 474 g/mol. The Hall–Kier alpha value is -2.75. The van der Waals surface area contributed by atoms with Gasteiger partial charge in [-0.05, 0) is 61.8 Å². The van der Waals surface area contributed by atoms with Crippen molar-refractivity contribution in [2.45, 2.75) is 32.3 Å². The molecule has 0 amide bonds. The number of nitrogens with zero attached hydrogens (tertiary/aromatic N) is 3. The van der Waals surface area contributed by atoms with Gasteiger partial charge in [0.2, 0.25) is 0 Å².